The van der Waals surface area contributed by atoms with Gasteiger partial charge in [0.1, 0.15) is 5.39 Å². The summed E-state index contributed by atoms with van der Waals surface area (Å²) in [7, 11) is 0. The zero-order chi connectivity index (χ0) is 15.8. The number of aliphatic hydroxyl groups excluding tert-OH is 1. The Hall–Kier alpha value is -2.67. The molecule has 23 heavy (non-hydrogen) atoms. The maximum atomic E-state index is 12.3. The molecule has 1 atom stereocenters. The molecular weight excluding hydrogens is 294 g/mol. The minimum atomic E-state index is -0.385. The molecule has 0 amide bonds. The summed E-state index contributed by atoms with van der Waals surface area (Å²) >= 11 is 0. The van der Waals surface area contributed by atoms with Crippen molar-refractivity contribution in [3.63, 3.8) is 0 Å². The van der Waals surface area contributed by atoms with E-state index < -0.39 is 0 Å². The van der Waals surface area contributed by atoms with Crippen LogP contribution in [0.1, 0.15) is 12.8 Å². The van der Waals surface area contributed by atoms with Crippen LogP contribution < -0.4 is 10.5 Å². The number of β-amino-alcohol motifs (C(OH)–C–C–N with tert-alkyl or cyclic N) is 1. The van der Waals surface area contributed by atoms with Crippen LogP contribution in [0, 0.1) is 0 Å². The first-order valence-corrected chi connectivity index (χ1v) is 7.69. The second-order valence-electron chi connectivity index (χ2n) is 5.76. The summed E-state index contributed by atoms with van der Waals surface area (Å²) in [6.07, 6.45) is 2.80. The number of fused-ring (bicyclic) bond motifs is 1. The van der Waals surface area contributed by atoms with Crippen molar-refractivity contribution in [2.24, 2.45) is 0 Å². The Bertz CT molecular complexity index is 886. The molecule has 0 radical (unpaired) electrons. The van der Waals surface area contributed by atoms with E-state index in [9.17, 15) is 9.90 Å². The maximum Gasteiger partial charge on any atom is 0.263 e. The molecule has 1 aliphatic heterocycles. The molecule has 0 spiro atoms. The number of hydrogen-bond donors (Lipinski definition) is 2. The van der Waals surface area contributed by atoms with Gasteiger partial charge in [-0.2, -0.15) is 10.1 Å². The van der Waals surface area contributed by atoms with Crippen LogP contribution in [0.2, 0.25) is 0 Å². The summed E-state index contributed by atoms with van der Waals surface area (Å²) < 4.78 is 1.66. The van der Waals surface area contributed by atoms with Crippen LogP contribution in [0.25, 0.3) is 16.7 Å². The molecule has 1 aliphatic rings. The molecule has 3 aromatic rings. The molecule has 7 nitrogen and oxygen atoms in total. The second kappa shape index (κ2) is 5.51. The average molecular weight is 311 g/mol. The first kappa shape index (κ1) is 14.0. The lowest BCUT2D eigenvalue weighted by Gasteiger charge is -2.30. The third-order valence-corrected chi connectivity index (χ3v) is 4.12. The molecule has 0 saturated carbocycles. The van der Waals surface area contributed by atoms with Crippen LogP contribution in [0.5, 0.6) is 0 Å². The highest BCUT2D eigenvalue weighted by molar-refractivity contribution is 5.76. The highest BCUT2D eigenvalue weighted by atomic mass is 16.3. The van der Waals surface area contributed by atoms with Gasteiger partial charge in [0.15, 0.2) is 5.65 Å². The Balaban J connectivity index is 1.84. The lowest BCUT2D eigenvalue weighted by molar-refractivity contribution is 0.153. The Labute approximate surface area is 132 Å². The van der Waals surface area contributed by atoms with E-state index in [1.807, 2.05) is 35.2 Å². The number of para-hydroxylation sites is 1. The number of nitrogens with one attached hydrogen (secondary N) is 1. The number of aromatic nitrogens is 4. The first-order valence-electron chi connectivity index (χ1n) is 7.69. The Morgan fingerprint density at radius 1 is 1.26 bits per heavy atom. The highest BCUT2D eigenvalue weighted by Gasteiger charge is 2.21. The van der Waals surface area contributed by atoms with E-state index in [0.29, 0.717) is 23.5 Å². The minimum Gasteiger partial charge on any atom is -0.391 e. The molecular formula is C16H17N5O2. The number of piperidine rings is 1. The lowest BCUT2D eigenvalue weighted by Crippen LogP contribution is -2.40. The molecule has 2 aromatic heterocycles. The first-order chi connectivity index (χ1) is 11.2. The summed E-state index contributed by atoms with van der Waals surface area (Å²) in [5, 5.41) is 14.6. The second-order valence-corrected chi connectivity index (χ2v) is 5.76. The van der Waals surface area contributed by atoms with Crippen LogP contribution >= 0.6 is 0 Å². The van der Waals surface area contributed by atoms with Crippen molar-refractivity contribution in [2.75, 3.05) is 18.0 Å². The van der Waals surface area contributed by atoms with E-state index >= 15 is 0 Å². The van der Waals surface area contributed by atoms with Gasteiger partial charge < -0.3 is 10.0 Å². The molecule has 7 heteroatoms. The van der Waals surface area contributed by atoms with E-state index in [-0.39, 0.29) is 11.7 Å². The molecule has 2 N–H and O–H groups in total. The van der Waals surface area contributed by atoms with Crippen molar-refractivity contribution in [3.05, 3.63) is 46.9 Å². The summed E-state index contributed by atoms with van der Waals surface area (Å²) in [6, 6.07) is 9.59. The van der Waals surface area contributed by atoms with E-state index in [4.69, 9.17) is 0 Å². The van der Waals surface area contributed by atoms with E-state index in [1.54, 1.807) is 4.68 Å². The summed E-state index contributed by atoms with van der Waals surface area (Å²) in [6.45, 7) is 1.25. The Kier molecular flexibility index (Phi) is 3.34. The molecule has 0 aliphatic carbocycles. The molecule has 1 aromatic carbocycles. The molecule has 1 fully saturated rings. The van der Waals surface area contributed by atoms with Crippen molar-refractivity contribution < 1.29 is 5.11 Å². The van der Waals surface area contributed by atoms with Gasteiger partial charge in [0.05, 0.1) is 18.0 Å². The van der Waals surface area contributed by atoms with Crippen molar-refractivity contribution in [3.8, 4) is 5.69 Å². The van der Waals surface area contributed by atoms with Crippen LogP contribution in [0.4, 0.5) is 5.95 Å². The topological polar surface area (TPSA) is 87.0 Å². The molecule has 0 bridgehead atoms. The van der Waals surface area contributed by atoms with Crippen LogP contribution in [-0.4, -0.2) is 44.0 Å². The predicted molar refractivity (Wildman–Crippen MR) is 86.9 cm³/mol. The minimum absolute atomic E-state index is 0.216. The number of benzene rings is 1. The van der Waals surface area contributed by atoms with Gasteiger partial charge in [-0.25, -0.2) is 4.68 Å². The number of rotatable bonds is 2. The monoisotopic (exact) mass is 311 g/mol. The fraction of sp³-hybridized carbons (Fsp3) is 0.312. The van der Waals surface area contributed by atoms with Gasteiger partial charge in [0.2, 0.25) is 5.95 Å². The maximum absolute atomic E-state index is 12.3. The third-order valence-electron chi connectivity index (χ3n) is 4.12. The summed E-state index contributed by atoms with van der Waals surface area (Å²) in [5.41, 5.74) is 1.16. The molecule has 3 heterocycles. The molecule has 118 valence electrons. The van der Waals surface area contributed by atoms with Crippen LogP contribution in [-0.2, 0) is 0 Å². The SMILES string of the molecule is O=c1[nH]c(N2CCC[C@H](O)C2)nc2c1cnn2-c1ccccc1. The number of nitrogens with zero attached hydrogens (tertiary/aromatic N) is 4. The number of aliphatic hydroxyl groups is 1. The van der Waals surface area contributed by atoms with Gasteiger partial charge in [-0.05, 0) is 25.0 Å². The standard InChI is InChI=1S/C16H17N5O2/c22-12-7-4-8-20(10-12)16-18-14-13(15(23)19-16)9-17-21(14)11-5-2-1-3-6-11/h1-3,5-6,9,12,22H,4,7-8,10H2,(H,18,19,23)/t12-/m0/s1. The highest BCUT2D eigenvalue weighted by Crippen LogP contribution is 2.19. The van der Waals surface area contributed by atoms with Crippen molar-refractivity contribution in [1.29, 1.82) is 0 Å². The quantitative estimate of drug-likeness (QED) is 0.739. The number of aromatic amines is 1. The van der Waals surface area contributed by atoms with Gasteiger partial charge in [0.25, 0.3) is 5.56 Å². The summed E-state index contributed by atoms with van der Waals surface area (Å²) in [5.74, 6) is 0.485. The largest absolute Gasteiger partial charge is 0.391 e. The van der Waals surface area contributed by atoms with Crippen molar-refractivity contribution in [1.82, 2.24) is 19.7 Å². The van der Waals surface area contributed by atoms with Crippen LogP contribution in [0.15, 0.2) is 41.3 Å². The van der Waals surface area contributed by atoms with E-state index in [1.165, 1.54) is 6.20 Å². The third kappa shape index (κ3) is 2.49. The smallest absolute Gasteiger partial charge is 0.263 e. The lowest BCUT2D eigenvalue weighted by atomic mass is 10.1. The van der Waals surface area contributed by atoms with Gasteiger partial charge in [-0.15, -0.1) is 0 Å². The van der Waals surface area contributed by atoms with Gasteiger partial charge >= 0.3 is 0 Å². The zero-order valence-electron chi connectivity index (χ0n) is 12.5. The average Bonchev–Trinajstić information content (AvgIpc) is 3.00. The summed E-state index contributed by atoms with van der Waals surface area (Å²) in [4.78, 5) is 21.6. The molecule has 4 rings (SSSR count). The molecule has 1 saturated heterocycles. The van der Waals surface area contributed by atoms with E-state index in [2.05, 4.69) is 15.1 Å². The number of H-pyrrole nitrogens is 1. The van der Waals surface area contributed by atoms with Crippen LogP contribution in [0.3, 0.4) is 0 Å². The zero-order valence-corrected chi connectivity index (χ0v) is 12.5. The molecule has 0 unspecified atom stereocenters. The number of hydrogen-bond acceptors (Lipinski definition) is 5. The fourth-order valence-electron chi connectivity index (χ4n) is 2.96. The fourth-order valence-corrected chi connectivity index (χ4v) is 2.96. The predicted octanol–water partition coefficient (Wildman–Crippen LogP) is 1.07. The van der Waals surface area contributed by atoms with Crippen molar-refractivity contribution in [2.45, 2.75) is 18.9 Å². The normalized spacial score (nSPS) is 18.5. The van der Waals surface area contributed by atoms with E-state index in [0.717, 1.165) is 25.1 Å². The van der Waals surface area contributed by atoms with Gasteiger partial charge in [0, 0.05) is 13.1 Å². The van der Waals surface area contributed by atoms with Gasteiger partial charge in [-0.3, -0.25) is 9.78 Å². The van der Waals surface area contributed by atoms with Gasteiger partial charge in [-0.1, -0.05) is 18.2 Å². The Morgan fingerprint density at radius 3 is 2.87 bits per heavy atom. The van der Waals surface area contributed by atoms with Crippen molar-refractivity contribution >= 4 is 17.0 Å². The Morgan fingerprint density at radius 2 is 2.09 bits per heavy atom. The number of anilines is 1.